The zero-order valence-electron chi connectivity index (χ0n) is 25.4. The molecule has 2 fully saturated rings. The molecule has 1 aliphatic heterocycles. The van der Waals surface area contributed by atoms with E-state index in [0.29, 0.717) is 36.2 Å². The van der Waals surface area contributed by atoms with E-state index in [4.69, 9.17) is 9.97 Å². The van der Waals surface area contributed by atoms with Gasteiger partial charge in [-0.15, -0.1) is 0 Å². The molecular formula is C33H38N10O2. The second kappa shape index (κ2) is 13.7. The van der Waals surface area contributed by atoms with Crippen LogP contribution in [-0.2, 0) is 13.6 Å². The lowest BCUT2D eigenvalue weighted by Crippen LogP contribution is -2.49. The smallest absolute Gasteiger partial charge is 0.323 e. The number of carbonyl (C=O) groups is 1. The van der Waals surface area contributed by atoms with E-state index in [1.54, 1.807) is 28.2 Å². The Morgan fingerprint density at radius 2 is 1.87 bits per heavy atom. The molecule has 1 saturated heterocycles. The van der Waals surface area contributed by atoms with E-state index in [-0.39, 0.29) is 18.1 Å². The average molecular weight is 607 g/mol. The Kier molecular flexibility index (Phi) is 9.17. The Morgan fingerprint density at radius 3 is 2.56 bits per heavy atom. The maximum atomic E-state index is 13.7. The summed E-state index contributed by atoms with van der Waals surface area (Å²) in [7, 11) is 1.88. The molecule has 232 valence electrons. The highest BCUT2D eigenvalue weighted by Crippen LogP contribution is 2.30. The standard InChI is InChI=1S/C33H38N10O2/c1-41-21-26(20-38-41)24-9-14-30(35-18-24)43(33(45)37-17-23-6-3-2-4-7-23)28-12-10-27(11-13-28)39-32-36-19-25(16-34)31(40-32)42-15-5-8-29(44)22-42/h2-4,6-7,9,14,18-21,27-29,44H,5,8,10-13,15,17,22H2,1H3,(H,37,45)(H,36,39,40)/t27-,28-,29?. The second-order valence-electron chi connectivity index (χ2n) is 11.8. The van der Waals surface area contributed by atoms with Crippen molar-refractivity contribution in [2.75, 3.05) is 28.2 Å². The Bertz CT molecular complexity index is 1630. The topological polar surface area (TPSA) is 148 Å². The molecule has 0 bridgehead atoms. The number of β-amino-alcohol motifs (C(OH)–C–C–N with tert-alkyl or cyclic N) is 1. The first-order valence-electron chi connectivity index (χ1n) is 15.5. The van der Waals surface area contributed by atoms with Crippen LogP contribution in [0.25, 0.3) is 11.1 Å². The summed E-state index contributed by atoms with van der Waals surface area (Å²) >= 11 is 0. The lowest BCUT2D eigenvalue weighted by atomic mass is 9.90. The number of anilines is 3. The number of piperidine rings is 1. The zero-order valence-corrected chi connectivity index (χ0v) is 25.4. The van der Waals surface area contributed by atoms with E-state index < -0.39 is 6.10 Å². The normalized spacial score (nSPS) is 19.8. The molecule has 4 aromatic rings. The number of urea groups is 1. The summed E-state index contributed by atoms with van der Waals surface area (Å²) in [5, 5.41) is 30.6. The molecule has 0 spiro atoms. The number of aryl methyl sites for hydroxylation is 1. The molecule has 6 rings (SSSR count). The van der Waals surface area contributed by atoms with Gasteiger partial charge < -0.3 is 20.6 Å². The quantitative estimate of drug-likeness (QED) is 0.268. The number of nitriles is 1. The highest BCUT2D eigenvalue weighted by atomic mass is 16.3. The van der Waals surface area contributed by atoms with Crippen LogP contribution in [0.1, 0.15) is 49.7 Å². The molecule has 1 aliphatic carbocycles. The fraction of sp³-hybridized carbons (Fsp3) is 0.394. The van der Waals surface area contributed by atoms with Gasteiger partial charge >= 0.3 is 6.03 Å². The van der Waals surface area contributed by atoms with E-state index in [9.17, 15) is 15.2 Å². The maximum Gasteiger partial charge on any atom is 0.323 e. The van der Waals surface area contributed by atoms with Gasteiger partial charge in [0.05, 0.1) is 18.5 Å². The lowest BCUT2D eigenvalue weighted by Gasteiger charge is -2.36. The molecule has 1 unspecified atom stereocenters. The largest absolute Gasteiger partial charge is 0.391 e. The van der Waals surface area contributed by atoms with Crippen LogP contribution in [-0.4, -0.2) is 67.1 Å². The van der Waals surface area contributed by atoms with Crippen LogP contribution < -0.4 is 20.4 Å². The number of amides is 2. The number of nitrogens with zero attached hydrogens (tertiary/aromatic N) is 8. The van der Waals surface area contributed by atoms with Crippen LogP contribution in [0, 0.1) is 11.3 Å². The summed E-state index contributed by atoms with van der Waals surface area (Å²) in [6, 6.07) is 15.8. The SMILES string of the molecule is Cn1cc(-c2ccc(N(C(=O)NCc3ccccc3)[C@H]3CC[C@H](Nc4ncc(C#N)c(N5CCCC(O)C5)n4)CC3)nc2)cn1. The highest BCUT2D eigenvalue weighted by molar-refractivity contribution is 5.91. The first-order valence-corrected chi connectivity index (χ1v) is 15.5. The van der Waals surface area contributed by atoms with Gasteiger partial charge in [0, 0.05) is 62.3 Å². The molecule has 12 nitrogen and oxygen atoms in total. The van der Waals surface area contributed by atoms with Crippen LogP contribution >= 0.6 is 0 Å². The summed E-state index contributed by atoms with van der Waals surface area (Å²) < 4.78 is 1.75. The van der Waals surface area contributed by atoms with Crippen molar-refractivity contribution in [3.63, 3.8) is 0 Å². The summed E-state index contributed by atoms with van der Waals surface area (Å²) in [6.07, 6.45) is 11.4. The number of rotatable bonds is 8. The third kappa shape index (κ3) is 7.21. The predicted molar refractivity (Wildman–Crippen MR) is 171 cm³/mol. The monoisotopic (exact) mass is 606 g/mol. The van der Waals surface area contributed by atoms with E-state index in [2.05, 4.69) is 26.8 Å². The number of aromatic nitrogens is 5. The van der Waals surface area contributed by atoms with Crippen molar-refractivity contribution in [1.82, 2.24) is 30.0 Å². The summed E-state index contributed by atoms with van der Waals surface area (Å²) in [4.78, 5) is 31.3. The number of carbonyl (C=O) groups excluding carboxylic acids is 1. The van der Waals surface area contributed by atoms with Crippen molar-refractivity contribution >= 4 is 23.6 Å². The fourth-order valence-electron chi connectivity index (χ4n) is 6.16. The van der Waals surface area contributed by atoms with Crippen molar-refractivity contribution < 1.29 is 9.90 Å². The Labute approximate surface area is 262 Å². The fourth-order valence-corrected chi connectivity index (χ4v) is 6.16. The van der Waals surface area contributed by atoms with Gasteiger partial charge in [-0.3, -0.25) is 9.58 Å². The van der Waals surface area contributed by atoms with Gasteiger partial charge in [0.25, 0.3) is 0 Å². The molecule has 1 atom stereocenters. The number of aliphatic hydroxyl groups is 1. The van der Waals surface area contributed by atoms with Crippen LogP contribution in [0.4, 0.5) is 22.4 Å². The zero-order chi connectivity index (χ0) is 31.2. The highest BCUT2D eigenvalue weighted by Gasteiger charge is 2.31. The van der Waals surface area contributed by atoms with Gasteiger partial charge in [0.15, 0.2) is 5.82 Å². The molecule has 4 heterocycles. The summed E-state index contributed by atoms with van der Waals surface area (Å²) in [6.45, 7) is 1.62. The molecule has 1 aromatic carbocycles. The van der Waals surface area contributed by atoms with Crippen LogP contribution in [0.15, 0.2) is 67.3 Å². The first kappa shape index (κ1) is 30.0. The number of nitrogens with one attached hydrogen (secondary N) is 2. The minimum atomic E-state index is -0.430. The minimum absolute atomic E-state index is 0.0390. The third-order valence-corrected chi connectivity index (χ3v) is 8.52. The van der Waals surface area contributed by atoms with E-state index in [1.165, 1.54) is 0 Å². The van der Waals surface area contributed by atoms with Gasteiger partial charge in [-0.2, -0.15) is 15.3 Å². The van der Waals surface area contributed by atoms with Crippen LogP contribution in [0.5, 0.6) is 0 Å². The average Bonchev–Trinajstić information content (AvgIpc) is 3.51. The number of aliphatic hydroxyl groups excluding tert-OH is 1. The lowest BCUT2D eigenvalue weighted by molar-refractivity contribution is 0.154. The summed E-state index contributed by atoms with van der Waals surface area (Å²) in [5.41, 5.74) is 3.33. The van der Waals surface area contributed by atoms with Crippen LogP contribution in [0.3, 0.4) is 0 Å². The second-order valence-corrected chi connectivity index (χ2v) is 11.8. The Balaban J connectivity index is 1.15. The molecular weight excluding hydrogens is 568 g/mol. The van der Waals surface area contributed by atoms with E-state index in [1.807, 2.05) is 60.6 Å². The number of pyridine rings is 1. The molecule has 2 aliphatic rings. The van der Waals surface area contributed by atoms with Crippen molar-refractivity contribution in [1.29, 1.82) is 5.26 Å². The van der Waals surface area contributed by atoms with Crippen molar-refractivity contribution in [3.05, 3.63) is 78.4 Å². The Morgan fingerprint density at radius 1 is 1.04 bits per heavy atom. The van der Waals surface area contributed by atoms with Gasteiger partial charge in [-0.25, -0.2) is 14.8 Å². The van der Waals surface area contributed by atoms with E-state index in [0.717, 1.165) is 61.8 Å². The molecule has 3 N–H and O–H groups in total. The summed E-state index contributed by atoms with van der Waals surface area (Å²) in [5.74, 6) is 1.63. The number of benzene rings is 1. The first-order chi connectivity index (χ1) is 22.0. The minimum Gasteiger partial charge on any atom is -0.391 e. The number of hydrogen-bond donors (Lipinski definition) is 3. The van der Waals surface area contributed by atoms with Gasteiger partial charge in [-0.05, 0) is 56.2 Å². The maximum absolute atomic E-state index is 13.7. The van der Waals surface area contributed by atoms with Crippen LogP contribution in [0.2, 0.25) is 0 Å². The third-order valence-electron chi connectivity index (χ3n) is 8.52. The Hall–Kier alpha value is -5.02. The molecule has 2 amide bonds. The molecule has 12 heteroatoms. The molecule has 0 radical (unpaired) electrons. The van der Waals surface area contributed by atoms with Crippen molar-refractivity contribution in [2.45, 2.75) is 63.3 Å². The number of hydrogen-bond acceptors (Lipinski definition) is 9. The molecule has 45 heavy (non-hydrogen) atoms. The van der Waals surface area contributed by atoms with E-state index >= 15 is 0 Å². The van der Waals surface area contributed by atoms with Crippen molar-refractivity contribution in [3.8, 4) is 17.2 Å². The van der Waals surface area contributed by atoms with Gasteiger partial charge in [0.2, 0.25) is 5.95 Å². The van der Waals surface area contributed by atoms with Gasteiger partial charge in [-0.1, -0.05) is 30.3 Å². The molecule has 3 aromatic heterocycles. The molecule has 1 saturated carbocycles. The predicted octanol–water partition coefficient (Wildman–Crippen LogP) is 4.24. The van der Waals surface area contributed by atoms with Crippen molar-refractivity contribution in [2.24, 2.45) is 7.05 Å². The van der Waals surface area contributed by atoms with Gasteiger partial charge in [0.1, 0.15) is 17.5 Å².